The van der Waals surface area contributed by atoms with E-state index in [0.29, 0.717) is 0 Å². The molecule has 0 aromatic heterocycles. The van der Waals surface area contributed by atoms with Gasteiger partial charge in [-0.25, -0.2) is 0 Å². The fraction of sp³-hybridized carbons (Fsp3) is 0.889. The summed E-state index contributed by atoms with van der Waals surface area (Å²) in [6.07, 6.45) is 0.979. The number of hydrogen-bond donors (Lipinski definition) is 3. The first kappa shape index (κ1) is 13.4. The lowest BCUT2D eigenvalue weighted by Crippen LogP contribution is -2.41. The van der Waals surface area contributed by atoms with Crippen LogP contribution in [0.15, 0.2) is 0 Å². The third kappa shape index (κ3) is 5.90. The Labute approximate surface area is 84.7 Å². The van der Waals surface area contributed by atoms with E-state index in [1.807, 2.05) is 6.92 Å². The zero-order valence-electron chi connectivity index (χ0n) is 8.70. The Hall–Kier alpha value is -0.650. The van der Waals surface area contributed by atoms with Gasteiger partial charge in [-0.3, -0.25) is 4.79 Å². The molecule has 0 atom stereocenters. The molecule has 0 aliphatic rings. The molecular weight excluding hydrogens is 184 g/mol. The molecule has 0 unspecified atom stereocenters. The van der Waals surface area contributed by atoms with Gasteiger partial charge < -0.3 is 20.4 Å². The first-order valence-corrected chi connectivity index (χ1v) is 4.96. The third-order valence-electron chi connectivity index (χ3n) is 1.80. The Morgan fingerprint density at radius 3 is 2.29 bits per heavy atom. The molecule has 0 aliphatic heterocycles. The summed E-state index contributed by atoms with van der Waals surface area (Å²) in [6, 6.07) is 0. The number of amides is 1. The van der Waals surface area contributed by atoms with E-state index >= 15 is 0 Å². The standard InChI is InChI=1S/C9H20N2O3/c1-2-3-10-8-9(14)11(4-6-12)5-7-13/h10,12-13H,2-8H2,1H3. The zero-order chi connectivity index (χ0) is 10.8. The molecular formula is C9H20N2O3. The number of carbonyl (C=O) groups excluding carboxylic acids is 1. The zero-order valence-corrected chi connectivity index (χ0v) is 8.70. The van der Waals surface area contributed by atoms with Crippen molar-refractivity contribution in [1.29, 1.82) is 0 Å². The quantitative estimate of drug-likeness (QED) is 0.434. The molecule has 5 nitrogen and oxygen atoms in total. The van der Waals surface area contributed by atoms with Crippen molar-refractivity contribution in [3.63, 3.8) is 0 Å². The van der Waals surface area contributed by atoms with Crippen molar-refractivity contribution in [3.05, 3.63) is 0 Å². The van der Waals surface area contributed by atoms with Gasteiger partial charge in [0.2, 0.25) is 5.91 Å². The molecule has 0 heterocycles. The van der Waals surface area contributed by atoms with Crippen LogP contribution < -0.4 is 5.32 Å². The van der Waals surface area contributed by atoms with E-state index < -0.39 is 0 Å². The van der Waals surface area contributed by atoms with E-state index in [2.05, 4.69) is 5.32 Å². The highest BCUT2D eigenvalue weighted by Crippen LogP contribution is 1.88. The Bertz CT molecular complexity index is 147. The van der Waals surface area contributed by atoms with E-state index in [-0.39, 0.29) is 38.8 Å². The number of aliphatic hydroxyl groups is 2. The number of carbonyl (C=O) groups is 1. The second kappa shape index (κ2) is 8.93. The highest BCUT2D eigenvalue weighted by Gasteiger charge is 2.10. The van der Waals surface area contributed by atoms with Gasteiger partial charge in [-0.15, -0.1) is 0 Å². The van der Waals surface area contributed by atoms with Gasteiger partial charge in [0.05, 0.1) is 19.8 Å². The van der Waals surface area contributed by atoms with Crippen molar-refractivity contribution in [2.75, 3.05) is 39.4 Å². The minimum atomic E-state index is -0.0819. The summed E-state index contributed by atoms with van der Waals surface area (Å²) in [6.45, 7) is 3.53. The van der Waals surface area contributed by atoms with E-state index in [0.717, 1.165) is 13.0 Å². The predicted octanol–water partition coefficient (Wildman–Crippen LogP) is -1.20. The average molecular weight is 204 g/mol. The van der Waals surface area contributed by atoms with Crippen molar-refractivity contribution >= 4 is 5.91 Å². The van der Waals surface area contributed by atoms with Gasteiger partial charge in [0.1, 0.15) is 0 Å². The first-order valence-electron chi connectivity index (χ1n) is 4.96. The molecule has 0 aromatic carbocycles. The van der Waals surface area contributed by atoms with Crippen LogP contribution in [0.3, 0.4) is 0 Å². The first-order chi connectivity index (χ1) is 6.76. The van der Waals surface area contributed by atoms with E-state index in [4.69, 9.17) is 10.2 Å². The normalized spacial score (nSPS) is 10.2. The molecule has 0 saturated carbocycles. The van der Waals surface area contributed by atoms with Gasteiger partial charge in [0.25, 0.3) is 0 Å². The molecule has 0 spiro atoms. The molecule has 0 fully saturated rings. The van der Waals surface area contributed by atoms with Crippen LogP contribution in [0, 0.1) is 0 Å². The lowest BCUT2D eigenvalue weighted by Gasteiger charge is -2.20. The molecule has 14 heavy (non-hydrogen) atoms. The second-order valence-electron chi connectivity index (χ2n) is 3.00. The summed E-state index contributed by atoms with van der Waals surface area (Å²) in [5.74, 6) is -0.0819. The maximum absolute atomic E-state index is 11.4. The van der Waals surface area contributed by atoms with Gasteiger partial charge in [0, 0.05) is 13.1 Å². The van der Waals surface area contributed by atoms with Crippen molar-refractivity contribution in [3.8, 4) is 0 Å². The fourth-order valence-corrected chi connectivity index (χ4v) is 1.09. The fourth-order valence-electron chi connectivity index (χ4n) is 1.09. The number of hydrogen-bond acceptors (Lipinski definition) is 4. The molecule has 0 bridgehead atoms. The number of rotatable bonds is 8. The van der Waals surface area contributed by atoms with Crippen LogP contribution in [0.2, 0.25) is 0 Å². The number of nitrogens with one attached hydrogen (secondary N) is 1. The Kier molecular flexibility index (Phi) is 8.51. The molecule has 5 heteroatoms. The van der Waals surface area contributed by atoms with Crippen LogP contribution in [-0.4, -0.2) is 60.4 Å². The average Bonchev–Trinajstić information content (AvgIpc) is 2.18. The maximum Gasteiger partial charge on any atom is 0.236 e. The predicted molar refractivity (Wildman–Crippen MR) is 53.9 cm³/mol. The second-order valence-corrected chi connectivity index (χ2v) is 3.00. The minimum Gasteiger partial charge on any atom is -0.395 e. The molecule has 84 valence electrons. The number of nitrogens with zero attached hydrogens (tertiary/aromatic N) is 1. The van der Waals surface area contributed by atoms with E-state index in [1.54, 1.807) is 0 Å². The van der Waals surface area contributed by atoms with Crippen molar-refractivity contribution in [2.45, 2.75) is 13.3 Å². The monoisotopic (exact) mass is 204 g/mol. The van der Waals surface area contributed by atoms with Gasteiger partial charge >= 0.3 is 0 Å². The summed E-state index contributed by atoms with van der Waals surface area (Å²) in [4.78, 5) is 12.9. The Balaban J connectivity index is 3.76. The van der Waals surface area contributed by atoms with Crippen LogP contribution in [-0.2, 0) is 4.79 Å². The largest absolute Gasteiger partial charge is 0.395 e. The van der Waals surface area contributed by atoms with Crippen LogP contribution in [0.1, 0.15) is 13.3 Å². The number of aliphatic hydroxyl groups excluding tert-OH is 2. The van der Waals surface area contributed by atoms with Gasteiger partial charge in [-0.1, -0.05) is 6.92 Å². The lowest BCUT2D eigenvalue weighted by atomic mass is 10.4. The van der Waals surface area contributed by atoms with E-state index in [1.165, 1.54) is 4.90 Å². The van der Waals surface area contributed by atoms with Gasteiger partial charge in [-0.2, -0.15) is 0 Å². The minimum absolute atomic E-state index is 0.0699. The van der Waals surface area contributed by atoms with Crippen molar-refractivity contribution in [2.24, 2.45) is 0 Å². The van der Waals surface area contributed by atoms with E-state index in [9.17, 15) is 4.79 Å². The van der Waals surface area contributed by atoms with Crippen LogP contribution in [0.5, 0.6) is 0 Å². The highest BCUT2D eigenvalue weighted by molar-refractivity contribution is 5.78. The summed E-state index contributed by atoms with van der Waals surface area (Å²) in [5, 5.41) is 20.4. The van der Waals surface area contributed by atoms with Crippen LogP contribution >= 0.6 is 0 Å². The molecule has 3 N–H and O–H groups in total. The summed E-state index contributed by atoms with van der Waals surface area (Å²) in [5.41, 5.74) is 0. The third-order valence-corrected chi connectivity index (χ3v) is 1.80. The lowest BCUT2D eigenvalue weighted by molar-refractivity contribution is -0.131. The highest BCUT2D eigenvalue weighted by atomic mass is 16.3. The molecule has 0 aromatic rings. The Morgan fingerprint density at radius 1 is 1.29 bits per heavy atom. The molecule has 0 saturated heterocycles. The maximum atomic E-state index is 11.4. The van der Waals surface area contributed by atoms with Gasteiger partial charge in [0.15, 0.2) is 0 Å². The van der Waals surface area contributed by atoms with Crippen molar-refractivity contribution < 1.29 is 15.0 Å². The summed E-state index contributed by atoms with van der Waals surface area (Å²) >= 11 is 0. The molecule has 1 amide bonds. The SMILES string of the molecule is CCCNCC(=O)N(CCO)CCO. The van der Waals surface area contributed by atoms with Crippen LogP contribution in [0.4, 0.5) is 0 Å². The topological polar surface area (TPSA) is 72.8 Å². The molecule has 0 aliphatic carbocycles. The molecule has 0 rings (SSSR count). The van der Waals surface area contributed by atoms with Crippen molar-refractivity contribution in [1.82, 2.24) is 10.2 Å². The Morgan fingerprint density at radius 2 is 1.86 bits per heavy atom. The summed E-state index contributed by atoms with van der Waals surface area (Å²) < 4.78 is 0. The van der Waals surface area contributed by atoms with Crippen LogP contribution in [0.25, 0.3) is 0 Å². The molecule has 0 radical (unpaired) electrons. The van der Waals surface area contributed by atoms with Gasteiger partial charge in [-0.05, 0) is 13.0 Å². The summed E-state index contributed by atoms with van der Waals surface area (Å²) in [7, 11) is 0. The smallest absolute Gasteiger partial charge is 0.236 e.